The van der Waals surface area contributed by atoms with E-state index in [-0.39, 0.29) is 0 Å². The van der Waals surface area contributed by atoms with Gasteiger partial charge in [-0.15, -0.1) is 11.6 Å². The van der Waals surface area contributed by atoms with Crippen molar-refractivity contribution in [3.05, 3.63) is 0 Å². The topological polar surface area (TPSA) is 0 Å². The highest BCUT2D eigenvalue weighted by atomic mass is 35.6. The fourth-order valence-electron chi connectivity index (χ4n) is 0.107. The van der Waals surface area contributed by atoms with Gasteiger partial charge in [0.15, 0.2) is 3.79 Å². The second kappa shape index (κ2) is 7.59. The van der Waals surface area contributed by atoms with Gasteiger partial charge in [-0.2, -0.15) is 0 Å². The summed E-state index contributed by atoms with van der Waals surface area (Å²) in [5, 5.41) is 0. The van der Waals surface area contributed by atoms with Crippen LogP contribution in [0.5, 0.6) is 0 Å². The van der Waals surface area contributed by atoms with Crippen molar-refractivity contribution in [1.82, 2.24) is 0 Å². The molecule has 0 nitrogen and oxygen atoms in total. The standard InChI is InChI=1S/C3H4Cl4.CCl4/c4-2-1-3(5,6)7;2-1(3,4)5/h1-2H2;. The summed E-state index contributed by atoms with van der Waals surface area (Å²) < 4.78 is -2.78. The van der Waals surface area contributed by atoms with Crippen molar-refractivity contribution in [2.45, 2.75) is 13.5 Å². The molecule has 0 aliphatic rings. The zero-order valence-electron chi connectivity index (χ0n) is 5.44. The Morgan fingerprint density at radius 3 is 1.00 bits per heavy atom. The highest BCUT2D eigenvalue weighted by Gasteiger charge is 2.17. The molecule has 0 aliphatic carbocycles. The second-order valence-electron chi connectivity index (χ2n) is 1.48. The molecule has 8 heteroatoms. The maximum absolute atomic E-state index is 5.28. The molecule has 0 fully saturated rings. The number of hydrogen-bond acceptors (Lipinski definition) is 0. The van der Waals surface area contributed by atoms with Crippen LogP contribution in [0.1, 0.15) is 6.42 Å². The van der Waals surface area contributed by atoms with Crippen LogP contribution in [0.2, 0.25) is 0 Å². The molecule has 0 spiro atoms. The van der Waals surface area contributed by atoms with E-state index >= 15 is 0 Å². The van der Waals surface area contributed by atoms with Gasteiger partial charge in [0.2, 0.25) is 0 Å². The maximum atomic E-state index is 5.28. The van der Waals surface area contributed by atoms with Gasteiger partial charge < -0.3 is 0 Å². The van der Waals surface area contributed by atoms with Crippen LogP contribution in [0.25, 0.3) is 0 Å². The number of alkyl halides is 8. The fraction of sp³-hybridized carbons (Fsp3) is 1.00. The first-order valence-electron chi connectivity index (χ1n) is 2.44. The summed E-state index contributed by atoms with van der Waals surface area (Å²) >= 11 is 40.4. The van der Waals surface area contributed by atoms with Gasteiger partial charge in [-0.25, -0.2) is 0 Å². The average Bonchev–Trinajstić information content (AvgIpc) is 1.54. The summed E-state index contributed by atoms with van der Waals surface area (Å²) in [6.07, 6.45) is 0.402. The Hall–Kier alpha value is 2.32. The maximum Gasteiger partial charge on any atom is 0.266 e. The van der Waals surface area contributed by atoms with Gasteiger partial charge in [-0.05, 0) is 0 Å². The molecule has 0 bridgehead atoms. The van der Waals surface area contributed by atoms with E-state index in [1.807, 2.05) is 0 Å². The van der Waals surface area contributed by atoms with Crippen molar-refractivity contribution >= 4 is 92.8 Å². The molecule has 0 aliphatic heterocycles. The van der Waals surface area contributed by atoms with Crippen LogP contribution in [0.15, 0.2) is 0 Å². The highest BCUT2D eigenvalue weighted by Crippen LogP contribution is 2.30. The second-order valence-corrected chi connectivity index (χ2v) is 7.81. The highest BCUT2D eigenvalue weighted by molar-refractivity contribution is 6.83. The van der Waals surface area contributed by atoms with E-state index in [2.05, 4.69) is 0 Å². The minimum absolute atomic E-state index is 0.385. The van der Waals surface area contributed by atoms with Crippen molar-refractivity contribution in [3.8, 4) is 0 Å². The van der Waals surface area contributed by atoms with Crippen LogP contribution < -0.4 is 0 Å². The monoisotopic (exact) mass is 332 g/mol. The number of halogens is 8. The molecule has 0 rings (SSSR count). The average molecular weight is 336 g/mol. The smallest absolute Gasteiger partial charge is 0.127 e. The molecule has 0 aromatic rings. The first-order chi connectivity index (χ1) is 5.06. The Bertz CT molecular complexity index is 92.6. The largest absolute Gasteiger partial charge is 0.266 e. The van der Waals surface area contributed by atoms with E-state index in [0.717, 1.165) is 0 Å². The molecule has 0 aromatic carbocycles. The molecule has 12 heavy (non-hydrogen) atoms. The molecule has 0 amide bonds. The van der Waals surface area contributed by atoms with Crippen molar-refractivity contribution in [1.29, 1.82) is 0 Å². The normalized spacial score (nSPS) is 12.0. The fourth-order valence-corrected chi connectivity index (χ4v) is 0.964. The summed E-state index contributed by atoms with van der Waals surface area (Å²) in [6.45, 7) is 0. The molecule has 0 saturated heterocycles. The van der Waals surface area contributed by atoms with Gasteiger partial charge in [-0.1, -0.05) is 81.2 Å². The molecular formula is C4H4Cl8. The summed E-state index contributed by atoms with van der Waals surface area (Å²) in [5.74, 6) is 0.385. The van der Waals surface area contributed by atoms with E-state index in [4.69, 9.17) is 92.8 Å². The lowest BCUT2D eigenvalue weighted by molar-refractivity contribution is 0.983. The first-order valence-corrected chi connectivity index (χ1v) is 5.62. The minimum atomic E-state index is -1.61. The van der Waals surface area contributed by atoms with Crippen LogP contribution in [0, 0.1) is 0 Å². The van der Waals surface area contributed by atoms with E-state index in [0.29, 0.717) is 12.3 Å². The lowest BCUT2D eigenvalue weighted by Gasteiger charge is -2.04. The van der Waals surface area contributed by atoms with E-state index in [1.165, 1.54) is 0 Å². The predicted octanol–water partition coefficient (Wildman–Crippen LogP) is 5.54. The summed E-state index contributed by atoms with van der Waals surface area (Å²) in [4.78, 5) is 0. The number of hydrogen-bond donors (Lipinski definition) is 0. The Labute approximate surface area is 111 Å². The predicted molar refractivity (Wildman–Crippen MR) is 61.8 cm³/mol. The van der Waals surface area contributed by atoms with Crippen molar-refractivity contribution in [3.63, 3.8) is 0 Å². The Morgan fingerprint density at radius 1 is 0.750 bits per heavy atom. The van der Waals surface area contributed by atoms with E-state index in [9.17, 15) is 0 Å². The molecule has 0 N–H and O–H groups in total. The van der Waals surface area contributed by atoms with Crippen LogP contribution >= 0.6 is 92.8 Å². The molecule has 0 saturated carbocycles. The summed E-state index contributed by atoms with van der Waals surface area (Å²) in [7, 11) is 0. The molecule has 0 unspecified atom stereocenters. The lowest BCUT2D eigenvalue weighted by Crippen LogP contribution is -2.01. The van der Waals surface area contributed by atoms with Crippen LogP contribution in [0.4, 0.5) is 0 Å². The third kappa shape index (κ3) is 39.5. The quantitative estimate of drug-likeness (QED) is 0.552. The molecule has 0 atom stereocenters. The summed E-state index contributed by atoms with van der Waals surface area (Å²) in [6, 6.07) is 0. The van der Waals surface area contributed by atoms with Crippen LogP contribution in [0.3, 0.4) is 0 Å². The Morgan fingerprint density at radius 2 is 1.00 bits per heavy atom. The zero-order valence-corrected chi connectivity index (χ0v) is 11.5. The Kier molecular flexibility index (Phi) is 10.6. The third-order valence-electron chi connectivity index (χ3n) is 0.378. The zero-order chi connectivity index (χ0) is 10.4. The van der Waals surface area contributed by atoms with Gasteiger partial charge in [0.1, 0.15) is 0 Å². The van der Waals surface area contributed by atoms with Gasteiger partial charge in [0.25, 0.3) is 3.25 Å². The summed E-state index contributed by atoms with van der Waals surface area (Å²) in [5.41, 5.74) is 0. The lowest BCUT2D eigenvalue weighted by atomic mass is 10.6. The minimum Gasteiger partial charge on any atom is -0.127 e. The molecule has 0 aromatic heterocycles. The molecule has 0 radical (unpaired) electrons. The first kappa shape index (κ1) is 16.7. The Balaban J connectivity index is 0. The SMILES string of the molecule is ClC(Cl)(Cl)Cl.ClCCC(Cl)(Cl)Cl. The third-order valence-corrected chi connectivity index (χ3v) is 1.13. The number of rotatable bonds is 1. The van der Waals surface area contributed by atoms with E-state index in [1.54, 1.807) is 0 Å². The molecule has 76 valence electrons. The van der Waals surface area contributed by atoms with Gasteiger partial charge >= 0.3 is 0 Å². The van der Waals surface area contributed by atoms with Gasteiger partial charge in [0, 0.05) is 12.3 Å². The van der Waals surface area contributed by atoms with Gasteiger partial charge in [0.05, 0.1) is 0 Å². The van der Waals surface area contributed by atoms with Gasteiger partial charge in [-0.3, -0.25) is 0 Å². The molecule has 0 heterocycles. The van der Waals surface area contributed by atoms with Crippen molar-refractivity contribution in [2.75, 3.05) is 5.88 Å². The van der Waals surface area contributed by atoms with Crippen molar-refractivity contribution < 1.29 is 0 Å². The van der Waals surface area contributed by atoms with Crippen LogP contribution in [-0.4, -0.2) is 12.9 Å². The molecular weight excluding hydrogens is 332 g/mol. The van der Waals surface area contributed by atoms with Crippen LogP contribution in [-0.2, 0) is 0 Å². The van der Waals surface area contributed by atoms with E-state index < -0.39 is 7.04 Å². The van der Waals surface area contributed by atoms with Crippen molar-refractivity contribution in [2.24, 2.45) is 0 Å².